The zero-order valence-corrected chi connectivity index (χ0v) is 8.65. The Morgan fingerprint density at radius 3 is 2.24 bits per heavy atom. The monoisotopic (exact) mass is 242 g/mol. The minimum atomic E-state index is -4.50. The van der Waals surface area contributed by atoms with Gasteiger partial charge in [-0.3, -0.25) is 0 Å². The third kappa shape index (κ3) is 2.47. The van der Waals surface area contributed by atoms with E-state index in [4.69, 9.17) is 5.11 Å². The number of aliphatic hydroxyl groups is 1. The summed E-state index contributed by atoms with van der Waals surface area (Å²) in [6, 6.07) is 6.59. The molecular weight excluding hydrogens is 233 g/mol. The van der Waals surface area contributed by atoms with Crippen LogP contribution in [0.5, 0.6) is 0 Å². The molecule has 0 spiro atoms. The lowest BCUT2D eigenvalue weighted by molar-refractivity contribution is -0.212. The van der Waals surface area contributed by atoms with Crippen LogP contribution in [0.15, 0.2) is 36.7 Å². The van der Waals surface area contributed by atoms with E-state index in [-0.39, 0.29) is 11.3 Å². The molecule has 2 aromatic rings. The fourth-order valence-corrected chi connectivity index (χ4v) is 1.41. The van der Waals surface area contributed by atoms with E-state index in [0.717, 1.165) is 12.4 Å². The number of hydrogen-bond acceptors (Lipinski definition) is 2. The standard InChI is InChI=1S/C11H9F3N2O/c12-11(13,14)16-6-10(5-15-16)9-3-1-8(7-17)2-4-9/h1-6,17H,7H2. The van der Waals surface area contributed by atoms with Gasteiger partial charge in [0.25, 0.3) is 0 Å². The van der Waals surface area contributed by atoms with E-state index >= 15 is 0 Å². The van der Waals surface area contributed by atoms with E-state index in [1.54, 1.807) is 24.3 Å². The molecule has 0 bridgehead atoms. The summed E-state index contributed by atoms with van der Waals surface area (Å²) in [5, 5.41) is 12.1. The highest BCUT2D eigenvalue weighted by atomic mass is 19.4. The molecule has 17 heavy (non-hydrogen) atoms. The Bertz CT molecular complexity index is 502. The maximum Gasteiger partial charge on any atom is 0.504 e. The highest BCUT2D eigenvalue weighted by Crippen LogP contribution is 2.25. The number of alkyl halides is 3. The molecule has 0 aliphatic heterocycles. The first-order chi connectivity index (χ1) is 8.00. The van der Waals surface area contributed by atoms with Gasteiger partial charge in [-0.05, 0) is 11.1 Å². The number of nitrogens with zero attached hydrogens (tertiary/aromatic N) is 2. The summed E-state index contributed by atoms with van der Waals surface area (Å²) in [5.74, 6) is 0. The Labute approximate surface area is 95.1 Å². The van der Waals surface area contributed by atoms with Crippen LogP contribution in [0.3, 0.4) is 0 Å². The van der Waals surface area contributed by atoms with Crippen LogP contribution in [0, 0.1) is 0 Å². The maximum absolute atomic E-state index is 12.3. The van der Waals surface area contributed by atoms with Gasteiger partial charge < -0.3 is 5.11 Å². The molecule has 90 valence electrons. The molecule has 0 saturated carbocycles. The van der Waals surface area contributed by atoms with Crippen LogP contribution in [0.1, 0.15) is 5.56 Å². The number of rotatable bonds is 2. The lowest BCUT2D eigenvalue weighted by Gasteiger charge is -2.04. The Morgan fingerprint density at radius 2 is 1.76 bits per heavy atom. The van der Waals surface area contributed by atoms with Gasteiger partial charge in [0, 0.05) is 11.8 Å². The third-order valence-electron chi connectivity index (χ3n) is 2.31. The van der Waals surface area contributed by atoms with Crippen molar-refractivity contribution >= 4 is 0 Å². The van der Waals surface area contributed by atoms with Crippen molar-refractivity contribution in [3.63, 3.8) is 0 Å². The van der Waals surface area contributed by atoms with Crippen LogP contribution in [0.4, 0.5) is 13.2 Å². The van der Waals surface area contributed by atoms with Crippen molar-refractivity contribution in [3.8, 4) is 11.1 Å². The molecule has 0 radical (unpaired) electrons. The zero-order chi connectivity index (χ0) is 12.5. The predicted molar refractivity (Wildman–Crippen MR) is 54.9 cm³/mol. The molecule has 1 aromatic carbocycles. The van der Waals surface area contributed by atoms with Crippen LogP contribution < -0.4 is 0 Å². The van der Waals surface area contributed by atoms with Crippen molar-refractivity contribution in [1.82, 2.24) is 9.78 Å². The second-order valence-electron chi connectivity index (χ2n) is 3.50. The molecule has 0 amide bonds. The molecule has 0 unspecified atom stereocenters. The average molecular weight is 242 g/mol. The largest absolute Gasteiger partial charge is 0.504 e. The van der Waals surface area contributed by atoms with Gasteiger partial charge in [-0.15, -0.1) is 13.2 Å². The Hall–Kier alpha value is -1.82. The molecule has 1 heterocycles. The van der Waals surface area contributed by atoms with Crippen molar-refractivity contribution in [2.75, 3.05) is 0 Å². The van der Waals surface area contributed by atoms with Gasteiger partial charge in [0.1, 0.15) is 0 Å². The van der Waals surface area contributed by atoms with E-state index in [9.17, 15) is 13.2 Å². The molecule has 0 aliphatic carbocycles. The van der Waals surface area contributed by atoms with Crippen molar-refractivity contribution in [1.29, 1.82) is 0 Å². The van der Waals surface area contributed by atoms with Gasteiger partial charge in [-0.25, -0.2) is 0 Å². The predicted octanol–water partition coefficient (Wildman–Crippen LogP) is 2.52. The molecule has 6 heteroatoms. The summed E-state index contributed by atoms with van der Waals surface area (Å²) >= 11 is 0. The summed E-state index contributed by atoms with van der Waals surface area (Å²) < 4.78 is 36.9. The molecular formula is C11H9F3N2O. The minimum absolute atomic E-state index is 0.0394. The number of benzene rings is 1. The van der Waals surface area contributed by atoms with E-state index in [1.807, 2.05) is 0 Å². The van der Waals surface area contributed by atoms with E-state index in [1.165, 1.54) is 0 Å². The highest BCUT2D eigenvalue weighted by molar-refractivity contribution is 5.61. The topological polar surface area (TPSA) is 38.1 Å². The first kappa shape index (κ1) is 11.7. The van der Waals surface area contributed by atoms with Gasteiger partial charge >= 0.3 is 6.30 Å². The summed E-state index contributed by atoms with van der Waals surface area (Å²) in [4.78, 5) is 0. The van der Waals surface area contributed by atoms with Crippen LogP contribution in [-0.4, -0.2) is 14.9 Å². The highest BCUT2D eigenvalue weighted by Gasteiger charge is 2.31. The van der Waals surface area contributed by atoms with Crippen LogP contribution in [-0.2, 0) is 12.9 Å². The normalized spacial score (nSPS) is 11.8. The quantitative estimate of drug-likeness (QED) is 0.878. The third-order valence-corrected chi connectivity index (χ3v) is 2.31. The molecule has 2 rings (SSSR count). The summed E-state index contributed by atoms with van der Waals surface area (Å²) in [6.07, 6.45) is -2.42. The van der Waals surface area contributed by atoms with Gasteiger partial charge in [0.2, 0.25) is 0 Å². The van der Waals surface area contributed by atoms with Gasteiger partial charge in [0.15, 0.2) is 0 Å². The molecule has 3 nitrogen and oxygen atoms in total. The van der Waals surface area contributed by atoms with E-state index in [0.29, 0.717) is 16.7 Å². The smallest absolute Gasteiger partial charge is 0.392 e. The van der Waals surface area contributed by atoms with Crippen LogP contribution >= 0.6 is 0 Å². The summed E-state index contributed by atoms with van der Waals surface area (Å²) in [6.45, 7) is -0.0951. The van der Waals surface area contributed by atoms with Crippen LogP contribution in [0.25, 0.3) is 11.1 Å². The Kier molecular flexibility index (Phi) is 2.89. The van der Waals surface area contributed by atoms with Gasteiger partial charge in [0.05, 0.1) is 12.8 Å². The minimum Gasteiger partial charge on any atom is -0.392 e. The molecule has 0 fully saturated rings. The van der Waals surface area contributed by atoms with Crippen molar-refractivity contribution in [2.45, 2.75) is 12.9 Å². The Balaban J connectivity index is 2.30. The number of hydrogen-bond donors (Lipinski definition) is 1. The molecule has 0 saturated heterocycles. The first-order valence-corrected chi connectivity index (χ1v) is 4.83. The van der Waals surface area contributed by atoms with E-state index in [2.05, 4.69) is 5.10 Å². The number of halogens is 3. The fourth-order valence-electron chi connectivity index (χ4n) is 1.41. The second-order valence-corrected chi connectivity index (χ2v) is 3.50. The first-order valence-electron chi connectivity index (χ1n) is 4.83. The molecule has 0 aliphatic rings. The zero-order valence-electron chi connectivity index (χ0n) is 8.65. The number of aromatic nitrogens is 2. The second kappa shape index (κ2) is 4.21. The van der Waals surface area contributed by atoms with Gasteiger partial charge in [-0.1, -0.05) is 24.3 Å². The van der Waals surface area contributed by atoms with Crippen molar-refractivity contribution in [3.05, 3.63) is 42.2 Å². The van der Waals surface area contributed by atoms with Gasteiger partial charge in [-0.2, -0.15) is 9.78 Å². The lowest BCUT2D eigenvalue weighted by atomic mass is 10.1. The molecule has 1 aromatic heterocycles. The summed E-state index contributed by atoms with van der Waals surface area (Å²) in [7, 11) is 0. The Morgan fingerprint density at radius 1 is 1.12 bits per heavy atom. The van der Waals surface area contributed by atoms with Crippen molar-refractivity contribution < 1.29 is 18.3 Å². The number of aliphatic hydroxyl groups excluding tert-OH is 1. The fraction of sp³-hybridized carbons (Fsp3) is 0.182. The molecule has 0 atom stereocenters. The summed E-state index contributed by atoms with van der Waals surface area (Å²) in [5.41, 5.74) is 1.71. The maximum atomic E-state index is 12.3. The van der Waals surface area contributed by atoms with E-state index < -0.39 is 6.30 Å². The van der Waals surface area contributed by atoms with Crippen molar-refractivity contribution in [2.24, 2.45) is 0 Å². The SMILES string of the molecule is OCc1ccc(-c2cnn(C(F)(F)F)c2)cc1. The lowest BCUT2D eigenvalue weighted by Crippen LogP contribution is -2.16. The molecule has 1 N–H and O–H groups in total. The van der Waals surface area contributed by atoms with Crippen LogP contribution in [0.2, 0.25) is 0 Å². The average Bonchev–Trinajstić information content (AvgIpc) is 2.78.